The fourth-order valence-electron chi connectivity index (χ4n) is 3.22. The fourth-order valence-corrected chi connectivity index (χ4v) is 3.22. The summed E-state index contributed by atoms with van der Waals surface area (Å²) in [6.07, 6.45) is 1.86. The predicted molar refractivity (Wildman–Crippen MR) is 94.3 cm³/mol. The molecule has 0 aliphatic rings. The molecule has 0 aliphatic heterocycles. The lowest BCUT2D eigenvalue weighted by molar-refractivity contribution is 0.275. The van der Waals surface area contributed by atoms with Crippen LogP contribution in [0.25, 0.3) is 0 Å². The molecule has 4 nitrogen and oxygen atoms in total. The Kier molecular flexibility index (Phi) is 5.86. The molecule has 0 bridgehead atoms. The zero-order valence-corrected chi connectivity index (χ0v) is 14.5. The van der Waals surface area contributed by atoms with Crippen LogP contribution in [-0.2, 0) is 13.2 Å². The van der Waals surface area contributed by atoms with Crippen LogP contribution in [0.2, 0.25) is 0 Å². The molecule has 0 fully saturated rings. The Hall–Kier alpha value is -2.04. The van der Waals surface area contributed by atoms with Crippen molar-refractivity contribution in [1.29, 1.82) is 0 Å². The van der Waals surface area contributed by atoms with Gasteiger partial charge in [0.2, 0.25) is 0 Å². The van der Waals surface area contributed by atoms with Crippen molar-refractivity contribution in [2.45, 2.75) is 52.7 Å². The van der Waals surface area contributed by atoms with Crippen LogP contribution in [0.3, 0.4) is 0 Å². The van der Waals surface area contributed by atoms with E-state index in [2.05, 4.69) is 6.92 Å². The van der Waals surface area contributed by atoms with E-state index in [1.54, 1.807) is 0 Å². The second-order valence-corrected chi connectivity index (χ2v) is 6.35. The SMILES string of the molecule is CCCC(c1cc(C)c(O)c(CO)c1)c1cc(C)c(O)c(CO)c1. The summed E-state index contributed by atoms with van der Waals surface area (Å²) in [6.45, 7) is 5.32. The first-order valence-electron chi connectivity index (χ1n) is 8.29. The summed E-state index contributed by atoms with van der Waals surface area (Å²) in [5, 5.41) is 39.1. The molecule has 0 unspecified atom stereocenters. The van der Waals surface area contributed by atoms with Crippen molar-refractivity contribution in [3.8, 4) is 11.5 Å². The molecule has 0 heterocycles. The van der Waals surface area contributed by atoms with E-state index in [-0.39, 0.29) is 30.6 Å². The van der Waals surface area contributed by atoms with E-state index in [4.69, 9.17) is 0 Å². The maximum Gasteiger partial charge on any atom is 0.124 e. The summed E-state index contributed by atoms with van der Waals surface area (Å²) in [5.74, 6) is 0.341. The van der Waals surface area contributed by atoms with Crippen molar-refractivity contribution in [1.82, 2.24) is 0 Å². The van der Waals surface area contributed by atoms with Crippen molar-refractivity contribution in [2.75, 3.05) is 0 Å². The van der Waals surface area contributed by atoms with Gasteiger partial charge in [-0.05, 0) is 54.7 Å². The Morgan fingerprint density at radius 1 is 0.792 bits per heavy atom. The molecule has 2 aromatic carbocycles. The van der Waals surface area contributed by atoms with Gasteiger partial charge in [-0.15, -0.1) is 0 Å². The van der Waals surface area contributed by atoms with Crippen molar-refractivity contribution >= 4 is 0 Å². The zero-order valence-electron chi connectivity index (χ0n) is 14.5. The quantitative estimate of drug-likeness (QED) is 0.652. The lowest BCUT2D eigenvalue weighted by atomic mass is 9.84. The molecule has 130 valence electrons. The molecule has 0 aliphatic carbocycles. The van der Waals surface area contributed by atoms with E-state index in [0.29, 0.717) is 11.1 Å². The van der Waals surface area contributed by atoms with E-state index < -0.39 is 0 Å². The Labute approximate surface area is 143 Å². The number of hydrogen-bond acceptors (Lipinski definition) is 4. The second-order valence-electron chi connectivity index (χ2n) is 6.35. The number of aliphatic hydroxyl groups excluding tert-OH is 2. The van der Waals surface area contributed by atoms with Gasteiger partial charge < -0.3 is 20.4 Å². The molecule has 2 aromatic rings. The van der Waals surface area contributed by atoms with Gasteiger partial charge in [-0.3, -0.25) is 0 Å². The van der Waals surface area contributed by atoms with Gasteiger partial charge in [-0.1, -0.05) is 25.5 Å². The number of benzene rings is 2. The summed E-state index contributed by atoms with van der Waals surface area (Å²) >= 11 is 0. The van der Waals surface area contributed by atoms with Crippen molar-refractivity contribution in [3.05, 3.63) is 57.6 Å². The van der Waals surface area contributed by atoms with E-state index in [1.165, 1.54) is 0 Å². The van der Waals surface area contributed by atoms with Gasteiger partial charge in [-0.2, -0.15) is 0 Å². The number of aryl methyl sites for hydroxylation is 2. The average Bonchev–Trinajstić information content (AvgIpc) is 2.57. The van der Waals surface area contributed by atoms with Crippen LogP contribution in [0.1, 0.15) is 59.1 Å². The van der Waals surface area contributed by atoms with Crippen LogP contribution >= 0.6 is 0 Å². The van der Waals surface area contributed by atoms with Crippen LogP contribution < -0.4 is 0 Å². The molecule has 4 N–H and O–H groups in total. The number of rotatable bonds is 6. The molecule has 0 atom stereocenters. The molecule has 0 radical (unpaired) electrons. The van der Waals surface area contributed by atoms with Crippen LogP contribution in [-0.4, -0.2) is 20.4 Å². The van der Waals surface area contributed by atoms with Gasteiger partial charge in [0, 0.05) is 17.0 Å². The van der Waals surface area contributed by atoms with Gasteiger partial charge in [0.05, 0.1) is 13.2 Å². The van der Waals surface area contributed by atoms with Crippen LogP contribution in [0.5, 0.6) is 11.5 Å². The highest BCUT2D eigenvalue weighted by molar-refractivity contribution is 5.49. The topological polar surface area (TPSA) is 80.9 Å². The van der Waals surface area contributed by atoms with Gasteiger partial charge in [0.1, 0.15) is 11.5 Å². The molecule has 0 aromatic heterocycles. The highest BCUT2D eigenvalue weighted by atomic mass is 16.3. The van der Waals surface area contributed by atoms with E-state index in [0.717, 1.165) is 35.1 Å². The number of aliphatic hydroxyl groups is 2. The Morgan fingerprint density at radius 3 is 1.54 bits per heavy atom. The van der Waals surface area contributed by atoms with E-state index in [1.807, 2.05) is 38.1 Å². The monoisotopic (exact) mass is 330 g/mol. The molecular weight excluding hydrogens is 304 g/mol. The maximum atomic E-state index is 10.0. The van der Waals surface area contributed by atoms with Crippen LogP contribution in [0.15, 0.2) is 24.3 Å². The minimum absolute atomic E-state index is 0.0733. The summed E-state index contributed by atoms with van der Waals surface area (Å²) in [6, 6.07) is 7.55. The fraction of sp³-hybridized carbons (Fsp3) is 0.400. The minimum atomic E-state index is -0.212. The Morgan fingerprint density at radius 2 is 1.21 bits per heavy atom. The summed E-state index contributed by atoms with van der Waals surface area (Å²) in [5.41, 5.74) is 4.54. The lowest BCUT2D eigenvalue weighted by Gasteiger charge is -2.21. The van der Waals surface area contributed by atoms with Gasteiger partial charge >= 0.3 is 0 Å². The van der Waals surface area contributed by atoms with Gasteiger partial charge in [0.15, 0.2) is 0 Å². The van der Waals surface area contributed by atoms with Crippen molar-refractivity contribution < 1.29 is 20.4 Å². The standard InChI is InChI=1S/C20H26O4/c1-4-5-18(14-6-12(2)19(23)16(8-14)10-21)15-7-13(3)20(24)17(9-15)11-22/h6-9,18,21-24H,4-5,10-11H2,1-3H3. The minimum Gasteiger partial charge on any atom is -0.507 e. The molecule has 2 rings (SSSR count). The number of aromatic hydroxyl groups is 2. The molecule has 0 saturated heterocycles. The zero-order chi connectivity index (χ0) is 17.9. The summed E-state index contributed by atoms with van der Waals surface area (Å²) in [4.78, 5) is 0. The largest absolute Gasteiger partial charge is 0.507 e. The average molecular weight is 330 g/mol. The Bertz CT molecular complexity index is 663. The summed E-state index contributed by atoms with van der Waals surface area (Å²) in [7, 11) is 0. The normalized spacial score (nSPS) is 11.2. The Balaban J connectivity index is 2.59. The first-order chi connectivity index (χ1) is 11.4. The highest BCUT2D eigenvalue weighted by Crippen LogP contribution is 2.36. The predicted octanol–water partition coefficient (Wildman–Crippen LogP) is 3.63. The third-order valence-electron chi connectivity index (χ3n) is 4.53. The van der Waals surface area contributed by atoms with Gasteiger partial charge in [-0.25, -0.2) is 0 Å². The van der Waals surface area contributed by atoms with Crippen LogP contribution in [0.4, 0.5) is 0 Å². The lowest BCUT2D eigenvalue weighted by Crippen LogP contribution is -2.05. The van der Waals surface area contributed by atoms with Crippen molar-refractivity contribution in [2.24, 2.45) is 0 Å². The van der Waals surface area contributed by atoms with E-state index >= 15 is 0 Å². The third kappa shape index (κ3) is 3.55. The third-order valence-corrected chi connectivity index (χ3v) is 4.53. The van der Waals surface area contributed by atoms with Crippen molar-refractivity contribution in [3.63, 3.8) is 0 Å². The molecule has 0 spiro atoms. The molecule has 4 heteroatoms. The smallest absolute Gasteiger partial charge is 0.124 e. The second kappa shape index (κ2) is 7.69. The number of phenols is 2. The van der Waals surface area contributed by atoms with E-state index in [9.17, 15) is 20.4 Å². The molecule has 0 amide bonds. The first-order valence-corrected chi connectivity index (χ1v) is 8.29. The summed E-state index contributed by atoms with van der Waals surface area (Å²) < 4.78 is 0. The maximum absolute atomic E-state index is 10.0. The molecule has 24 heavy (non-hydrogen) atoms. The molecule has 0 saturated carbocycles. The van der Waals surface area contributed by atoms with Gasteiger partial charge in [0.25, 0.3) is 0 Å². The molecular formula is C20H26O4. The van der Waals surface area contributed by atoms with Crippen LogP contribution in [0, 0.1) is 13.8 Å². The number of hydrogen-bond donors (Lipinski definition) is 4. The highest BCUT2D eigenvalue weighted by Gasteiger charge is 2.19. The first kappa shape index (κ1) is 18.3.